The molecule has 19 heavy (non-hydrogen) atoms. The van der Waals surface area contributed by atoms with Gasteiger partial charge in [-0.2, -0.15) is 5.26 Å². The third-order valence-electron chi connectivity index (χ3n) is 3.27. The van der Waals surface area contributed by atoms with Crippen LogP contribution in [0.4, 0.5) is 0 Å². The van der Waals surface area contributed by atoms with Crippen molar-refractivity contribution in [2.75, 3.05) is 6.54 Å². The highest BCUT2D eigenvalue weighted by Crippen LogP contribution is 2.25. The standard InChI is InChI=1S/C12H16N2O3S2/c13-7-11-4-5-12(18-11)19(16,17)14-8-9-2-1-3-10(15)6-9/h4-5,9-10,14-15H,1-3,6,8H2. The van der Waals surface area contributed by atoms with Gasteiger partial charge in [-0.3, -0.25) is 0 Å². The fraction of sp³-hybridized carbons (Fsp3) is 0.583. The highest BCUT2D eigenvalue weighted by atomic mass is 32.2. The van der Waals surface area contributed by atoms with Gasteiger partial charge >= 0.3 is 0 Å². The average molecular weight is 300 g/mol. The Morgan fingerprint density at radius 2 is 2.26 bits per heavy atom. The quantitative estimate of drug-likeness (QED) is 0.880. The van der Waals surface area contributed by atoms with Crippen LogP contribution in [0.25, 0.3) is 0 Å². The Balaban J connectivity index is 1.96. The summed E-state index contributed by atoms with van der Waals surface area (Å²) in [6, 6.07) is 4.87. The van der Waals surface area contributed by atoms with E-state index >= 15 is 0 Å². The maximum atomic E-state index is 12.0. The molecule has 0 aliphatic heterocycles. The van der Waals surface area contributed by atoms with Crippen molar-refractivity contribution in [1.29, 1.82) is 5.26 Å². The SMILES string of the molecule is N#Cc1ccc(S(=O)(=O)NCC2CCCC(O)C2)s1. The molecule has 0 aromatic carbocycles. The molecule has 0 bridgehead atoms. The maximum Gasteiger partial charge on any atom is 0.250 e. The fourth-order valence-corrected chi connectivity index (χ4v) is 4.54. The topological polar surface area (TPSA) is 90.2 Å². The van der Waals surface area contributed by atoms with Gasteiger partial charge in [-0.15, -0.1) is 11.3 Å². The number of aliphatic hydroxyl groups is 1. The zero-order valence-corrected chi connectivity index (χ0v) is 12.0. The molecule has 2 atom stereocenters. The summed E-state index contributed by atoms with van der Waals surface area (Å²) in [5, 5.41) is 18.2. The number of nitrogens with zero attached hydrogens (tertiary/aromatic N) is 1. The molecule has 1 saturated carbocycles. The molecule has 2 rings (SSSR count). The number of hydrogen-bond acceptors (Lipinski definition) is 5. The molecule has 1 aliphatic carbocycles. The highest BCUT2D eigenvalue weighted by Gasteiger charge is 2.23. The van der Waals surface area contributed by atoms with E-state index in [-0.39, 0.29) is 16.2 Å². The van der Waals surface area contributed by atoms with Crippen LogP contribution in [0.3, 0.4) is 0 Å². The Labute approximate surface area is 116 Å². The molecule has 0 spiro atoms. The summed E-state index contributed by atoms with van der Waals surface area (Å²) < 4.78 is 26.8. The fourth-order valence-electron chi connectivity index (χ4n) is 2.27. The summed E-state index contributed by atoms with van der Waals surface area (Å²) in [6.45, 7) is 0.346. The zero-order chi connectivity index (χ0) is 13.9. The first-order valence-electron chi connectivity index (χ1n) is 6.19. The molecule has 0 saturated heterocycles. The lowest BCUT2D eigenvalue weighted by Crippen LogP contribution is -2.32. The zero-order valence-electron chi connectivity index (χ0n) is 10.4. The second-order valence-electron chi connectivity index (χ2n) is 4.77. The maximum absolute atomic E-state index is 12.0. The van der Waals surface area contributed by atoms with E-state index in [0.717, 1.165) is 30.6 Å². The molecule has 7 heteroatoms. The first-order valence-corrected chi connectivity index (χ1v) is 8.49. The van der Waals surface area contributed by atoms with Crippen molar-refractivity contribution in [2.45, 2.75) is 36.0 Å². The molecule has 0 radical (unpaired) electrons. The van der Waals surface area contributed by atoms with Crippen LogP contribution in [-0.4, -0.2) is 26.2 Å². The normalized spacial score (nSPS) is 24.0. The molecular formula is C12H16N2O3S2. The van der Waals surface area contributed by atoms with Crippen LogP contribution in [0.1, 0.15) is 30.6 Å². The first kappa shape index (κ1) is 14.5. The van der Waals surface area contributed by atoms with E-state index in [2.05, 4.69) is 4.72 Å². The first-order chi connectivity index (χ1) is 9.01. The van der Waals surface area contributed by atoms with Crippen molar-refractivity contribution >= 4 is 21.4 Å². The van der Waals surface area contributed by atoms with Crippen LogP contribution in [0.15, 0.2) is 16.3 Å². The predicted molar refractivity (Wildman–Crippen MR) is 72.2 cm³/mol. The Morgan fingerprint density at radius 1 is 1.47 bits per heavy atom. The lowest BCUT2D eigenvalue weighted by molar-refractivity contribution is 0.102. The Morgan fingerprint density at radius 3 is 2.89 bits per heavy atom. The Bertz CT molecular complexity index is 574. The number of hydrogen-bond donors (Lipinski definition) is 2. The Hall–Kier alpha value is -0.940. The van der Waals surface area contributed by atoms with Gasteiger partial charge in [0.25, 0.3) is 0 Å². The van der Waals surface area contributed by atoms with Crippen LogP contribution in [0.2, 0.25) is 0 Å². The van der Waals surface area contributed by atoms with E-state index in [1.165, 1.54) is 12.1 Å². The summed E-state index contributed by atoms with van der Waals surface area (Å²) in [6.07, 6.45) is 3.02. The summed E-state index contributed by atoms with van der Waals surface area (Å²) in [5.74, 6) is 0.189. The van der Waals surface area contributed by atoms with Gasteiger partial charge in [0.1, 0.15) is 15.2 Å². The second kappa shape index (κ2) is 6.01. The third kappa shape index (κ3) is 3.76. The van der Waals surface area contributed by atoms with E-state index in [1.807, 2.05) is 6.07 Å². The highest BCUT2D eigenvalue weighted by molar-refractivity contribution is 7.91. The lowest BCUT2D eigenvalue weighted by atomic mass is 9.87. The van der Waals surface area contributed by atoms with Gasteiger partial charge in [0, 0.05) is 6.54 Å². The lowest BCUT2D eigenvalue weighted by Gasteiger charge is -2.25. The summed E-state index contributed by atoms with van der Waals surface area (Å²) in [5.41, 5.74) is 0. The molecular weight excluding hydrogens is 284 g/mol. The van der Waals surface area contributed by atoms with Gasteiger partial charge in [0.15, 0.2) is 0 Å². The van der Waals surface area contributed by atoms with Crippen molar-refractivity contribution in [2.24, 2.45) is 5.92 Å². The number of nitriles is 1. The molecule has 1 fully saturated rings. The second-order valence-corrected chi connectivity index (χ2v) is 7.85. The van der Waals surface area contributed by atoms with Gasteiger partial charge < -0.3 is 5.11 Å². The number of aliphatic hydroxyl groups excluding tert-OH is 1. The Kier molecular flexibility index (Phi) is 4.58. The van der Waals surface area contributed by atoms with Crippen LogP contribution >= 0.6 is 11.3 Å². The predicted octanol–water partition coefficient (Wildman–Crippen LogP) is 1.45. The van der Waals surface area contributed by atoms with Crippen molar-refractivity contribution in [3.05, 3.63) is 17.0 Å². The van der Waals surface area contributed by atoms with Crippen LogP contribution in [0, 0.1) is 17.2 Å². The molecule has 1 aliphatic rings. The third-order valence-corrected chi connectivity index (χ3v) is 6.18. The number of sulfonamides is 1. The molecule has 5 nitrogen and oxygen atoms in total. The molecule has 0 amide bonds. The average Bonchev–Trinajstić information content (AvgIpc) is 2.86. The van der Waals surface area contributed by atoms with Crippen LogP contribution < -0.4 is 4.72 Å². The van der Waals surface area contributed by atoms with E-state index in [9.17, 15) is 13.5 Å². The molecule has 2 unspecified atom stereocenters. The van der Waals surface area contributed by atoms with Gasteiger partial charge in [-0.1, -0.05) is 6.42 Å². The van der Waals surface area contributed by atoms with Gasteiger partial charge in [0.2, 0.25) is 10.0 Å². The van der Waals surface area contributed by atoms with Crippen LogP contribution in [-0.2, 0) is 10.0 Å². The number of rotatable bonds is 4. The van der Waals surface area contributed by atoms with Crippen LogP contribution in [0.5, 0.6) is 0 Å². The smallest absolute Gasteiger partial charge is 0.250 e. The summed E-state index contributed by atoms with van der Waals surface area (Å²) >= 11 is 0.966. The monoisotopic (exact) mass is 300 g/mol. The van der Waals surface area contributed by atoms with E-state index in [4.69, 9.17) is 5.26 Å². The summed E-state index contributed by atoms with van der Waals surface area (Å²) in [4.78, 5) is 0.383. The molecule has 1 heterocycles. The van der Waals surface area contributed by atoms with E-state index in [0.29, 0.717) is 17.8 Å². The van der Waals surface area contributed by atoms with Gasteiger partial charge in [-0.05, 0) is 37.3 Å². The molecule has 1 aromatic heterocycles. The van der Waals surface area contributed by atoms with Crippen molar-refractivity contribution in [3.8, 4) is 6.07 Å². The van der Waals surface area contributed by atoms with Gasteiger partial charge in [-0.25, -0.2) is 13.1 Å². The molecule has 104 valence electrons. The van der Waals surface area contributed by atoms with E-state index < -0.39 is 10.0 Å². The van der Waals surface area contributed by atoms with Crippen molar-refractivity contribution < 1.29 is 13.5 Å². The van der Waals surface area contributed by atoms with Crippen molar-refractivity contribution in [1.82, 2.24) is 4.72 Å². The number of thiophene rings is 1. The van der Waals surface area contributed by atoms with Gasteiger partial charge in [0.05, 0.1) is 6.10 Å². The number of nitrogens with one attached hydrogen (secondary N) is 1. The summed E-state index contributed by atoms with van der Waals surface area (Å²) in [7, 11) is -3.53. The molecule has 1 aromatic rings. The largest absolute Gasteiger partial charge is 0.393 e. The molecule has 2 N–H and O–H groups in total. The van der Waals surface area contributed by atoms with E-state index in [1.54, 1.807) is 0 Å². The van der Waals surface area contributed by atoms with Crippen molar-refractivity contribution in [3.63, 3.8) is 0 Å². The minimum Gasteiger partial charge on any atom is -0.393 e. The minimum absolute atomic E-state index is 0.167. The minimum atomic E-state index is -3.53.